The molecule has 1 aliphatic rings. The van der Waals surface area contributed by atoms with Gasteiger partial charge in [-0.25, -0.2) is 0 Å². The number of methoxy groups -OCH3 is 2. The molecule has 3 N–H and O–H groups in total. The SMILES string of the molecule is COCCNCCc1ccc(CN(CCO)c2cc(OC)ccc2[C@@H]2CCc3cc(O)ccc3C2)cc1. The van der Waals surface area contributed by atoms with Crippen LogP contribution in [0.15, 0.2) is 60.7 Å². The number of aliphatic hydroxyl groups is 1. The summed E-state index contributed by atoms with van der Waals surface area (Å²) < 4.78 is 10.7. The number of hydrogen-bond donors (Lipinski definition) is 3. The predicted octanol–water partition coefficient (Wildman–Crippen LogP) is 4.45. The van der Waals surface area contributed by atoms with Crippen LogP contribution in [-0.4, -0.2) is 57.3 Å². The highest BCUT2D eigenvalue weighted by atomic mass is 16.5. The summed E-state index contributed by atoms with van der Waals surface area (Å²) in [4.78, 5) is 2.27. The zero-order valence-corrected chi connectivity index (χ0v) is 22.1. The van der Waals surface area contributed by atoms with Crippen LogP contribution < -0.4 is 15.0 Å². The van der Waals surface area contributed by atoms with Gasteiger partial charge in [-0.15, -0.1) is 0 Å². The Kier molecular flexibility index (Phi) is 9.83. The Labute approximate surface area is 220 Å². The van der Waals surface area contributed by atoms with Crippen molar-refractivity contribution in [3.8, 4) is 11.5 Å². The van der Waals surface area contributed by atoms with Crippen LogP contribution in [0.1, 0.15) is 40.2 Å². The van der Waals surface area contributed by atoms with Crippen molar-refractivity contribution >= 4 is 5.69 Å². The summed E-state index contributed by atoms with van der Waals surface area (Å²) in [6, 6.07) is 20.9. The van der Waals surface area contributed by atoms with Gasteiger partial charge < -0.3 is 29.9 Å². The zero-order valence-electron chi connectivity index (χ0n) is 22.1. The monoisotopic (exact) mass is 504 g/mol. The van der Waals surface area contributed by atoms with Crippen molar-refractivity contribution in [2.24, 2.45) is 0 Å². The van der Waals surface area contributed by atoms with Gasteiger partial charge in [0, 0.05) is 38.5 Å². The Bertz CT molecular complexity index is 1130. The minimum atomic E-state index is 0.0780. The number of phenols is 1. The van der Waals surface area contributed by atoms with Crippen molar-refractivity contribution in [2.45, 2.75) is 38.1 Å². The van der Waals surface area contributed by atoms with Gasteiger partial charge in [-0.1, -0.05) is 36.4 Å². The van der Waals surface area contributed by atoms with Gasteiger partial charge in [0.25, 0.3) is 0 Å². The highest BCUT2D eigenvalue weighted by Gasteiger charge is 2.25. The number of fused-ring (bicyclic) bond motifs is 1. The summed E-state index contributed by atoms with van der Waals surface area (Å²) in [6.07, 6.45) is 3.89. The van der Waals surface area contributed by atoms with E-state index in [2.05, 4.69) is 52.7 Å². The van der Waals surface area contributed by atoms with Crippen LogP contribution in [0.25, 0.3) is 0 Å². The number of aromatic hydroxyl groups is 1. The van der Waals surface area contributed by atoms with Crippen molar-refractivity contribution in [1.82, 2.24) is 5.32 Å². The summed E-state index contributed by atoms with van der Waals surface area (Å²) in [5.41, 5.74) is 7.46. The molecule has 0 radical (unpaired) electrons. The number of aryl methyl sites for hydroxylation is 1. The number of ether oxygens (including phenoxy) is 2. The maximum Gasteiger partial charge on any atom is 0.120 e. The van der Waals surface area contributed by atoms with E-state index in [1.807, 2.05) is 12.1 Å². The fourth-order valence-corrected chi connectivity index (χ4v) is 5.25. The lowest BCUT2D eigenvalue weighted by Crippen LogP contribution is -2.28. The van der Waals surface area contributed by atoms with Crippen molar-refractivity contribution in [3.63, 3.8) is 0 Å². The highest BCUT2D eigenvalue weighted by molar-refractivity contribution is 5.60. The molecular weight excluding hydrogens is 464 g/mol. The maximum absolute atomic E-state index is 9.95. The lowest BCUT2D eigenvalue weighted by molar-refractivity contribution is 0.199. The molecule has 0 unspecified atom stereocenters. The number of hydrogen-bond acceptors (Lipinski definition) is 6. The van der Waals surface area contributed by atoms with E-state index in [0.717, 1.165) is 56.8 Å². The quantitative estimate of drug-likeness (QED) is 0.299. The standard InChI is InChI=1S/C31H40N2O4/c1-36-18-15-32-14-13-23-3-5-24(6-4-23)22-33(16-17-34)31-21-29(37-2)11-12-30(31)27-8-7-26-20-28(35)10-9-25(26)19-27/h3-6,9-12,20-21,27,32,34-35H,7-8,13-19,22H2,1-2H3/t27-/m1/s1. The minimum Gasteiger partial charge on any atom is -0.508 e. The lowest BCUT2D eigenvalue weighted by Gasteiger charge is -2.32. The summed E-state index contributed by atoms with van der Waals surface area (Å²) in [7, 11) is 3.41. The van der Waals surface area contributed by atoms with Crippen molar-refractivity contribution < 1.29 is 19.7 Å². The van der Waals surface area contributed by atoms with Crippen LogP contribution >= 0.6 is 0 Å². The van der Waals surface area contributed by atoms with E-state index in [1.54, 1.807) is 20.3 Å². The maximum atomic E-state index is 9.95. The van der Waals surface area contributed by atoms with Gasteiger partial charge in [-0.2, -0.15) is 0 Å². The average Bonchev–Trinajstić information content (AvgIpc) is 2.93. The van der Waals surface area contributed by atoms with Gasteiger partial charge in [-0.05, 0) is 84.2 Å². The minimum absolute atomic E-state index is 0.0780. The largest absolute Gasteiger partial charge is 0.508 e. The molecule has 0 heterocycles. The molecule has 0 bridgehead atoms. The van der Waals surface area contributed by atoms with E-state index in [1.165, 1.54) is 27.8 Å². The van der Waals surface area contributed by atoms with Gasteiger partial charge in [0.15, 0.2) is 0 Å². The van der Waals surface area contributed by atoms with Gasteiger partial charge in [0.05, 0.1) is 20.3 Å². The topological polar surface area (TPSA) is 74.2 Å². The predicted molar refractivity (Wildman–Crippen MR) is 149 cm³/mol. The van der Waals surface area contributed by atoms with Crippen LogP contribution in [0, 0.1) is 0 Å². The third-order valence-corrected chi connectivity index (χ3v) is 7.28. The van der Waals surface area contributed by atoms with Crippen molar-refractivity contribution in [3.05, 3.63) is 88.5 Å². The third-order valence-electron chi connectivity index (χ3n) is 7.28. The molecule has 0 fully saturated rings. The Morgan fingerprint density at radius 3 is 2.51 bits per heavy atom. The molecule has 1 aliphatic carbocycles. The first kappa shape index (κ1) is 27.0. The van der Waals surface area contributed by atoms with Crippen LogP contribution in [0.3, 0.4) is 0 Å². The Morgan fingerprint density at radius 2 is 1.76 bits per heavy atom. The van der Waals surface area contributed by atoms with E-state index in [-0.39, 0.29) is 6.61 Å². The average molecular weight is 505 g/mol. The molecule has 0 saturated heterocycles. The summed E-state index contributed by atoms with van der Waals surface area (Å²) in [5.74, 6) is 1.52. The molecule has 37 heavy (non-hydrogen) atoms. The Hall–Kier alpha value is -3.06. The van der Waals surface area contributed by atoms with Crippen LogP contribution in [-0.2, 0) is 30.5 Å². The Balaban J connectivity index is 1.52. The molecule has 0 spiro atoms. The molecule has 198 valence electrons. The second-order valence-electron chi connectivity index (χ2n) is 9.77. The summed E-state index contributed by atoms with van der Waals surface area (Å²) in [5, 5.41) is 23.2. The summed E-state index contributed by atoms with van der Waals surface area (Å²) >= 11 is 0. The number of nitrogens with one attached hydrogen (secondary N) is 1. The molecule has 0 amide bonds. The summed E-state index contributed by atoms with van der Waals surface area (Å²) in [6.45, 7) is 3.85. The van der Waals surface area contributed by atoms with Crippen LogP contribution in [0.4, 0.5) is 5.69 Å². The van der Waals surface area contributed by atoms with Crippen LogP contribution in [0.5, 0.6) is 11.5 Å². The molecule has 6 nitrogen and oxygen atoms in total. The van der Waals surface area contributed by atoms with Crippen molar-refractivity contribution in [1.29, 1.82) is 0 Å². The van der Waals surface area contributed by atoms with E-state index < -0.39 is 0 Å². The van der Waals surface area contributed by atoms with E-state index in [9.17, 15) is 10.2 Å². The first-order chi connectivity index (χ1) is 18.1. The van der Waals surface area contributed by atoms with Crippen molar-refractivity contribution in [2.75, 3.05) is 52.0 Å². The Morgan fingerprint density at radius 1 is 0.946 bits per heavy atom. The molecular formula is C31H40N2O4. The second-order valence-corrected chi connectivity index (χ2v) is 9.77. The number of aliphatic hydroxyl groups excluding tert-OH is 1. The zero-order chi connectivity index (χ0) is 26.0. The first-order valence-corrected chi connectivity index (χ1v) is 13.2. The van der Waals surface area contributed by atoms with Gasteiger partial charge in [0.1, 0.15) is 11.5 Å². The number of anilines is 1. The molecule has 3 aromatic carbocycles. The number of rotatable bonds is 13. The molecule has 0 aromatic heterocycles. The first-order valence-electron chi connectivity index (χ1n) is 13.2. The molecule has 6 heteroatoms. The van der Waals surface area contributed by atoms with Gasteiger partial charge in [0.2, 0.25) is 0 Å². The van der Waals surface area contributed by atoms with E-state index in [4.69, 9.17) is 9.47 Å². The van der Waals surface area contributed by atoms with Gasteiger partial charge >= 0.3 is 0 Å². The molecule has 1 atom stereocenters. The lowest BCUT2D eigenvalue weighted by atomic mass is 9.79. The van der Waals surface area contributed by atoms with Gasteiger partial charge in [-0.3, -0.25) is 0 Å². The van der Waals surface area contributed by atoms with E-state index in [0.29, 0.717) is 24.8 Å². The number of phenolic OH excluding ortho intramolecular Hbond substituents is 1. The van der Waals surface area contributed by atoms with Crippen LogP contribution in [0.2, 0.25) is 0 Å². The van der Waals surface area contributed by atoms with E-state index >= 15 is 0 Å². The second kappa shape index (κ2) is 13.5. The number of benzene rings is 3. The molecule has 0 saturated carbocycles. The molecule has 3 aromatic rings. The third kappa shape index (κ3) is 7.25. The highest BCUT2D eigenvalue weighted by Crippen LogP contribution is 2.40. The number of nitrogens with zero attached hydrogens (tertiary/aromatic N) is 1. The fraction of sp³-hybridized carbons (Fsp3) is 0.419. The molecule has 4 rings (SSSR count). The fourth-order valence-electron chi connectivity index (χ4n) is 5.25. The smallest absolute Gasteiger partial charge is 0.120 e. The molecule has 0 aliphatic heterocycles. The normalized spacial score (nSPS) is 14.8.